The van der Waals surface area contributed by atoms with Gasteiger partial charge in [0.1, 0.15) is 5.65 Å². The second-order valence-electron chi connectivity index (χ2n) is 9.73. The summed E-state index contributed by atoms with van der Waals surface area (Å²) in [6, 6.07) is 9.35. The van der Waals surface area contributed by atoms with E-state index in [9.17, 15) is 9.59 Å². The highest BCUT2D eigenvalue weighted by atomic mass is 16.2. The molecule has 0 unspecified atom stereocenters. The van der Waals surface area contributed by atoms with Gasteiger partial charge in [-0.2, -0.15) is 4.98 Å². The van der Waals surface area contributed by atoms with Gasteiger partial charge in [-0.15, -0.1) is 6.42 Å². The van der Waals surface area contributed by atoms with E-state index in [-0.39, 0.29) is 17.5 Å². The molecule has 37 heavy (non-hydrogen) atoms. The Kier molecular flexibility index (Phi) is 8.09. The summed E-state index contributed by atoms with van der Waals surface area (Å²) in [5.74, 6) is 3.06. The molecule has 1 saturated heterocycles. The van der Waals surface area contributed by atoms with Gasteiger partial charge in [0.25, 0.3) is 5.56 Å². The number of aromatic nitrogens is 3. The first kappa shape index (κ1) is 26.2. The van der Waals surface area contributed by atoms with E-state index in [0.717, 1.165) is 37.3 Å². The number of fused-ring (bicyclic) bond motifs is 1. The van der Waals surface area contributed by atoms with Crippen LogP contribution in [0.3, 0.4) is 0 Å². The summed E-state index contributed by atoms with van der Waals surface area (Å²) in [6.07, 6.45) is 9.42. The van der Waals surface area contributed by atoms with Crippen LogP contribution in [0.5, 0.6) is 0 Å². The maximum atomic E-state index is 13.2. The van der Waals surface area contributed by atoms with Gasteiger partial charge in [0, 0.05) is 68.8 Å². The molecule has 9 nitrogen and oxygen atoms in total. The van der Waals surface area contributed by atoms with Crippen LogP contribution in [0.25, 0.3) is 11.0 Å². The van der Waals surface area contributed by atoms with Gasteiger partial charge >= 0.3 is 0 Å². The van der Waals surface area contributed by atoms with E-state index in [1.807, 2.05) is 36.1 Å². The Hall–Kier alpha value is -3.90. The zero-order valence-corrected chi connectivity index (χ0v) is 22.1. The van der Waals surface area contributed by atoms with Crippen molar-refractivity contribution in [3.63, 3.8) is 0 Å². The predicted octanol–water partition coefficient (Wildman–Crippen LogP) is 3.09. The molecule has 0 radical (unpaired) electrons. The van der Waals surface area contributed by atoms with E-state index >= 15 is 0 Å². The van der Waals surface area contributed by atoms with Crippen molar-refractivity contribution in [2.24, 2.45) is 0 Å². The summed E-state index contributed by atoms with van der Waals surface area (Å²) in [5.41, 5.74) is 2.68. The van der Waals surface area contributed by atoms with Crippen LogP contribution in [-0.4, -0.2) is 77.6 Å². The maximum Gasteiger partial charge on any atom is 0.253 e. The summed E-state index contributed by atoms with van der Waals surface area (Å²) in [6.45, 7) is 4.93. The van der Waals surface area contributed by atoms with Gasteiger partial charge in [0.2, 0.25) is 11.9 Å². The van der Waals surface area contributed by atoms with Crippen molar-refractivity contribution in [3.05, 3.63) is 52.4 Å². The van der Waals surface area contributed by atoms with Gasteiger partial charge in [-0.1, -0.05) is 12.8 Å². The number of rotatable bonds is 8. The number of hydrogen-bond acceptors (Lipinski definition) is 7. The Morgan fingerprint density at radius 1 is 1.22 bits per heavy atom. The van der Waals surface area contributed by atoms with Crippen LogP contribution in [0.15, 0.2) is 41.3 Å². The van der Waals surface area contributed by atoms with Crippen LogP contribution in [0.1, 0.15) is 37.8 Å². The minimum absolute atomic E-state index is 0.0927. The Bertz CT molecular complexity index is 1360. The van der Waals surface area contributed by atoms with E-state index in [1.54, 1.807) is 10.8 Å². The van der Waals surface area contributed by atoms with Crippen LogP contribution < -0.4 is 15.8 Å². The fourth-order valence-corrected chi connectivity index (χ4v) is 4.68. The number of hydrogen-bond donors (Lipinski definition) is 1. The van der Waals surface area contributed by atoms with Crippen molar-refractivity contribution in [3.8, 4) is 12.3 Å². The van der Waals surface area contributed by atoms with E-state index in [0.29, 0.717) is 42.1 Å². The van der Waals surface area contributed by atoms with Crippen molar-refractivity contribution >= 4 is 34.3 Å². The number of nitrogens with one attached hydrogen (secondary N) is 1. The Morgan fingerprint density at radius 2 is 1.97 bits per heavy atom. The molecule has 194 valence electrons. The first-order valence-electron chi connectivity index (χ1n) is 12.7. The number of piperidine rings is 1. The molecule has 0 bridgehead atoms. The van der Waals surface area contributed by atoms with Gasteiger partial charge in [-0.3, -0.25) is 14.2 Å². The van der Waals surface area contributed by atoms with Crippen molar-refractivity contribution in [2.45, 2.75) is 32.2 Å². The number of carbonyl (C=O) groups excluding carboxylic acids is 1. The van der Waals surface area contributed by atoms with E-state index in [2.05, 4.69) is 47.2 Å². The lowest BCUT2D eigenvalue weighted by Gasteiger charge is -2.34. The highest BCUT2D eigenvalue weighted by Gasteiger charge is 2.26. The van der Waals surface area contributed by atoms with Gasteiger partial charge in [-0.25, -0.2) is 4.98 Å². The van der Waals surface area contributed by atoms with E-state index in [1.165, 1.54) is 6.07 Å². The number of amides is 1. The Morgan fingerprint density at radius 3 is 2.65 bits per heavy atom. The van der Waals surface area contributed by atoms with Gasteiger partial charge in [-0.05, 0) is 51.2 Å². The Labute approximate surface area is 218 Å². The van der Waals surface area contributed by atoms with Crippen molar-refractivity contribution < 1.29 is 4.79 Å². The third-order valence-corrected chi connectivity index (χ3v) is 6.81. The quantitative estimate of drug-likeness (QED) is 0.475. The summed E-state index contributed by atoms with van der Waals surface area (Å²) in [7, 11) is 6.19. The molecule has 3 heterocycles. The molecule has 0 spiro atoms. The zero-order chi connectivity index (χ0) is 26.5. The number of carbonyl (C=O) groups is 1. The van der Waals surface area contributed by atoms with Crippen LogP contribution in [0.2, 0.25) is 0 Å². The number of nitrogens with zero attached hydrogens (tertiary/aromatic N) is 6. The molecular weight excluding hydrogens is 466 g/mol. The van der Waals surface area contributed by atoms with Gasteiger partial charge in [0.15, 0.2) is 0 Å². The number of likely N-dealkylation sites (tertiary alicyclic amines) is 1. The number of likely N-dealkylation sites (N-methyl/N-ethyl adjacent to an activating group) is 2. The third-order valence-electron chi connectivity index (χ3n) is 6.81. The molecule has 1 amide bonds. The van der Waals surface area contributed by atoms with Crippen molar-refractivity contribution in [1.82, 2.24) is 24.3 Å². The Balaban J connectivity index is 1.64. The van der Waals surface area contributed by atoms with Crippen LogP contribution >= 0.6 is 0 Å². The maximum absolute atomic E-state index is 13.2. The fourth-order valence-electron chi connectivity index (χ4n) is 4.68. The lowest BCUT2D eigenvalue weighted by Crippen LogP contribution is -2.42. The van der Waals surface area contributed by atoms with Gasteiger partial charge < -0.3 is 20.0 Å². The van der Waals surface area contributed by atoms with Gasteiger partial charge in [0.05, 0.1) is 11.4 Å². The summed E-state index contributed by atoms with van der Waals surface area (Å²) in [5, 5.41) is 3.90. The molecule has 1 aliphatic heterocycles. The molecular formula is C28H35N7O2. The summed E-state index contributed by atoms with van der Waals surface area (Å²) >= 11 is 0. The monoisotopic (exact) mass is 501 g/mol. The first-order valence-corrected chi connectivity index (χ1v) is 12.7. The fraction of sp³-hybridized carbons (Fsp3) is 0.429. The highest BCUT2D eigenvalue weighted by Crippen LogP contribution is 2.26. The molecule has 9 heteroatoms. The smallest absolute Gasteiger partial charge is 0.253 e. The molecule has 2 aromatic heterocycles. The van der Waals surface area contributed by atoms with Crippen LogP contribution in [-0.2, 0) is 4.79 Å². The van der Waals surface area contributed by atoms with E-state index in [4.69, 9.17) is 11.4 Å². The summed E-state index contributed by atoms with van der Waals surface area (Å²) < 4.78 is 1.68. The number of terminal acetylenes is 1. The molecule has 1 aromatic carbocycles. The topological polar surface area (TPSA) is 86.6 Å². The SMILES string of the molecule is C#Cc1cc(=O)n([C@@H]2CCCN(C(=O)CC)C2)c2nc(Nc3ccc(N(C)CCN(C)C)cc3)ncc12. The lowest BCUT2D eigenvalue weighted by atomic mass is 10.0. The van der Waals surface area contributed by atoms with Crippen molar-refractivity contribution in [2.75, 3.05) is 57.5 Å². The minimum atomic E-state index is -0.217. The minimum Gasteiger partial charge on any atom is -0.373 e. The molecule has 1 fully saturated rings. The zero-order valence-electron chi connectivity index (χ0n) is 22.1. The third kappa shape index (κ3) is 5.92. The molecule has 3 aromatic rings. The average Bonchev–Trinajstić information content (AvgIpc) is 2.91. The molecule has 1 aliphatic rings. The molecule has 4 rings (SSSR count). The normalized spacial score (nSPS) is 15.6. The van der Waals surface area contributed by atoms with Crippen LogP contribution in [0, 0.1) is 12.3 Å². The highest BCUT2D eigenvalue weighted by molar-refractivity contribution is 5.83. The largest absolute Gasteiger partial charge is 0.373 e. The molecule has 1 N–H and O–H groups in total. The predicted molar refractivity (Wildman–Crippen MR) is 148 cm³/mol. The molecule has 0 saturated carbocycles. The second kappa shape index (κ2) is 11.4. The number of pyridine rings is 1. The van der Waals surface area contributed by atoms with Crippen LogP contribution in [0.4, 0.5) is 17.3 Å². The van der Waals surface area contributed by atoms with E-state index < -0.39 is 0 Å². The lowest BCUT2D eigenvalue weighted by molar-refractivity contribution is -0.132. The molecule has 0 aliphatic carbocycles. The number of anilines is 3. The number of benzene rings is 1. The van der Waals surface area contributed by atoms with Crippen molar-refractivity contribution in [1.29, 1.82) is 0 Å². The standard InChI is InChI=1S/C28H35N7O2/c1-6-20-17-26(37)35(23-9-8-14-34(19-23)25(36)7-2)27-24(20)18-29-28(31-27)30-21-10-12-22(13-11-21)33(5)16-15-32(3)4/h1,10-13,17-18,23H,7-9,14-16,19H2,2-5H3,(H,29,30,31)/t23-/m1/s1. The molecule has 1 atom stereocenters. The second-order valence-corrected chi connectivity index (χ2v) is 9.73. The first-order chi connectivity index (χ1) is 17.8. The summed E-state index contributed by atoms with van der Waals surface area (Å²) in [4.78, 5) is 41.0. The average molecular weight is 502 g/mol.